The number of aliphatic hydroxyl groups is 2. The highest BCUT2D eigenvalue weighted by molar-refractivity contribution is 7.87. The van der Waals surface area contributed by atoms with Crippen LogP contribution < -0.4 is 0 Å². The lowest BCUT2D eigenvalue weighted by atomic mass is 10.2. The Balaban J connectivity index is 0.000000456. The van der Waals surface area contributed by atoms with E-state index in [1.165, 1.54) is 48.5 Å². The summed E-state index contributed by atoms with van der Waals surface area (Å²) in [5.74, 6) is 0. The van der Waals surface area contributed by atoms with Gasteiger partial charge in [0, 0.05) is 6.61 Å². The first-order valence-electron chi connectivity index (χ1n) is 21.8. The van der Waals surface area contributed by atoms with Crippen LogP contribution in [0.4, 0.5) is 0 Å². The molecule has 392 valence electrons. The molecule has 23 heteroatoms. The minimum atomic E-state index is -3.89. The van der Waals surface area contributed by atoms with Gasteiger partial charge in [-0.05, 0) is 83.1 Å². The fourth-order valence-corrected chi connectivity index (χ4v) is 8.80. The maximum absolute atomic E-state index is 12.2. The van der Waals surface area contributed by atoms with Gasteiger partial charge in [0.15, 0.2) is 0 Å². The van der Waals surface area contributed by atoms with E-state index in [1.54, 1.807) is 61.5 Å². The Morgan fingerprint density at radius 1 is 0.429 bits per heavy atom. The molecule has 0 aliphatic carbocycles. The molecule has 4 aromatic carbocycles. The smallest absolute Gasteiger partial charge is 0.297 e. The molecule has 0 aromatic heterocycles. The Kier molecular flexibility index (Phi) is 29.1. The van der Waals surface area contributed by atoms with Crippen LogP contribution in [-0.4, -0.2) is 149 Å². The third-order valence-corrected chi connectivity index (χ3v) is 14.2. The van der Waals surface area contributed by atoms with Gasteiger partial charge in [-0.1, -0.05) is 76.9 Å². The van der Waals surface area contributed by atoms with Crippen molar-refractivity contribution in [1.82, 2.24) is 0 Å². The number of ether oxygens (including phenoxy) is 5. The van der Waals surface area contributed by atoms with Crippen LogP contribution in [0.3, 0.4) is 0 Å². The van der Waals surface area contributed by atoms with Gasteiger partial charge >= 0.3 is 0 Å². The van der Waals surface area contributed by atoms with Gasteiger partial charge in [-0.3, -0.25) is 16.7 Å². The van der Waals surface area contributed by atoms with Crippen molar-refractivity contribution in [3.05, 3.63) is 132 Å². The number of aliphatic hydroxyl groups excluding tert-OH is 2. The number of rotatable bonds is 31. The normalized spacial score (nSPS) is 12.8. The van der Waals surface area contributed by atoms with Gasteiger partial charge in [-0.2, -0.15) is 33.7 Å². The Morgan fingerprint density at radius 2 is 0.686 bits per heavy atom. The van der Waals surface area contributed by atoms with Gasteiger partial charge < -0.3 is 33.9 Å². The molecule has 0 saturated carbocycles. The van der Waals surface area contributed by atoms with Crippen molar-refractivity contribution in [1.29, 1.82) is 0 Å². The summed E-state index contributed by atoms with van der Waals surface area (Å²) < 4.78 is 144. The topological polar surface area (TPSA) is 260 Å². The molecule has 70 heavy (non-hydrogen) atoms. The molecule has 0 aliphatic heterocycles. The van der Waals surface area contributed by atoms with Crippen molar-refractivity contribution in [2.45, 2.75) is 66.4 Å². The second-order valence-corrected chi connectivity index (χ2v) is 21.3. The molecule has 2 N–H and O–H groups in total. The van der Waals surface area contributed by atoms with Crippen LogP contribution >= 0.6 is 0 Å². The highest BCUT2D eigenvalue weighted by atomic mass is 32.2. The summed E-state index contributed by atoms with van der Waals surface area (Å²) >= 11 is 0. The molecule has 2 atom stereocenters. The molecule has 0 amide bonds. The molecule has 0 bridgehead atoms. The molecule has 2 unspecified atom stereocenters. The van der Waals surface area contributed by atoms with Crippen molar-refractivity contribution < 1.29 is 84.3 Å². The molecule has 0 aliphatic rings. The molecule has 0 saturated heterocycles. The molecule has 0 heterocycles. The zero-order chi connectivity index (χ0) is 52.1. The third-order valence-electron chi connectivity index (χ3n) is 8.87. The van der Waals surface area contributed by atoms with Gasteiger partial charge in [-0.25, -0.2) is 0 Å². The van der Waals surface area contributed by atoms with Crippen LogP contribution in [0.2, 0.25) is 0 Å². The SMILES string of the molecule is C=CCOCC(COCCOS(=O)(=O)c1ccc(C)cc1)OCCOS(=O)(=O)c1ccc(C)cc1.CCO.Cc1ccc(S(=O)(=O)OCCOCC(CO)OCCOS(=O)(=O)c2ccc(C)cc2)cc1. The lowest BCUT2D eigenvalue weighted by Gasteiger charge is -2.18. The van der Waals surface area contributed by atoms with Crippen LogP contribution in [0.25, 0.3) is 0 Å². The molecule has 4 aromatic rings. The van der Waals surface area contributed by atoms with Crippen LogP contribution in [0, 0.1) is 27.7 Å². The second kappa shape index (κ2) is 32.9. The summed E-state index contributed by atoms with van der Waals surface area (Å²) in [6.45, 7) is 12.1. The van der Waals surface area contributed by atoms with Crippen molar-refractivity contribution in [3.8, 4) is 0 Å². The molecular weight excluding hydrogens is 997 g/mol. The van der Waals surface area contributed by atoms with Crippen molar-refractivity contribution in [2.24, 2.45) is 0 Å². The summed E-state index contributed by atoms with van der Waals surface area (Å²) in [5.41, 5.74) is 3.74. The molecule has 0 spiro atoms. The number of hydrogen-bond donors (Lipinski definition) is 2. The lowest BCUT2D eigenvalue weighted by molar-refractivity contribution is -0.0640. The van der Waals surface area contributed by atoms with Crippen LogP contribution in [0.5, 0.6) is 0 Å². The van der Waals surface area contributed by atoms with Crippen molar-refractivity contribution >= 4 is 40.5 Å². The number of hydrogen-bond acceptors (Lipinski definition) is 19. The van der Waals surface area contributed by atoms with Crippen molar-refractivity contribution in [3.63, 3.8) is 0 Å². The van der Waals surface area contributed by atoms with E-state index in [9.17, 15) is 38.8 Å². The predicted octanol–water partition coefficient (Wildman–Crippen LogP) is 4.83. The lowest BCUT2D eigenvalue weighted by Crippen LogP contribution is -2.28. The van der Waals surface area contributed by atoms with Gasteiger partial charge in [0.2, 0.25) is 0 Å². The number of benzene rings is 4. The summed E-state index contributed by atoms with van der Waals surface area (Å²) in [7, 11) is -15.5. The average molecular weight is 1060 g/mol. The number of aryl methyl sites for hydroxylation is 4. The van der Waals surface area contributed by atoms with E-state index >= 15 is 0 Å². The van der Waals surface area contributed by atoms with E-state index in [1.807, 2.05) is 27.7 Å². The molecular formula is C47H66O19S4. The molecule has 0 fully saturated rings. The van der Waals surface area contributed by atoms with Crippen LogP contribution in [0.1, 0.15) is 29.2 Å². The Morgan fingerprint density at radius 3 is 0.971 bits per heavy atom. The van der Waals surface area contributed by atoms with Crippen LogP contribution in [0.15, 0.2) is 129 Å². The molecule has 0 radical (unpaired) electrons. The zero-order valence-electron chi connectivity index (χ0n) is 40.0. The largest absolute Gasteiger partial charge is 0.397 e. The van der Waals surface area contributed by atoms with E-state index < -0.39 is 52.7 Å². The summed E-state index contributed by atoms with van der Waals surface area (Å²) in [4.78, 5) is 0.242. The first kappa shape index (κ1) is 62.1. The van der Waals surface area contributed by atoms with Crippen LogP contribution in [-0.2, 0) is 80.9 Å². The van der Waals surface area contributed by atoms with E-state index in [0.29, 0.717) is 6.61 Å². The van der Waals surface area contributed by atoms with Crippen molar-refractivity contribution in [2.75, 3.05) is 92.5 Å². The molecule has 4 rings (SSSR count). The average Bonchev–Trinajstić information content (AvgIpc) is 3.31. The summed E-state index contributed by atoms with van der Waals surface area (Å²) in [6.07, 6.45) is 0.322. The Bertz CT molecular complexity index is 2520. The minimum Gasteiger partial charge on any atom is -0.397 e. The van der Waals surface area contributed by atoms with E-state index in [0.717, 1.165) is 22.3 Å². The van der Waals surface area contributed by atoms with Gasteiger partial charge in [0.1, 0.15) is 12.2 Å². The van der Waals surface area contributed by atoms with Gasteiger partial charge in [-0.15, -0.1) is 6.58 Å². The highest BCUT2D eigenvalue weighted by Crippen LogP contribution is 2.16. The van der Waals surface area contributed by atoms with Gasteiger partial charge in [0.05, 0.1) is 105 Å². The van der Waals surface area contributed by atoms with E-state index in [-0.39, 0.29) is 105 Å². The standard InChI is InChI=1S/C24H32O9S2.C21H28O9S2.C2H6O/c1-4-13-29-18-22(31-15-17-33-35(27,28)24-11-7-21(3)8-12-24)19-30-14-16-32-34(25,26)23-9-5-20(2)6-10-23;1-17-3-7-20(8-4-17)31(23,24)29-13-11-27-16-19(15-22)28-12-14-30-32(25,26)21-9-5-18(2)6-10-21;1-2-3/h4-12,22H,1,13-19H2,2-3H3;3-10,19,22H,11-16H2,1-2H3;3H,2H2,1H3. The summed E-state index contributed by atoms with van der Waals surface area (Å²) in [5, 5.41) is 16.9. The third kappa shape index (κ3) is 24.9. The van der Waals surface area contributed by atoms with E-state index in [4.69, 9.17) is 45.5 Å². The fourth-order valence-electron chi connectivity index (χ4n) is 5.22. The highest BCUT2D eigenvalue weighted by Gasteiger charge is 2.19. The van der Waals surface area contributed by atoms with E-state index in [2.05, 4.69) is 6.58 Å². The minimum absolute atomic E-state index is 0.00468. The first-order chi connectivity index (χ1) is 33.2. The zero-order valence-corrected chi connectivity index (χ0v) is 43.3. The monoisotopic (exact) mass is 1060 g/mol. The second-order valence-electron chi connectivity index (χ2n) is 14.8. The maximum Gasteiger partial charge on any atom is 0.297 e. The summed E-state index contributed by atoms with van der Waals surface area (Å²) in [6, 6.07) is 25.2. The quantitative estimate of drug-likeness (QED) is 0.0389. The van der Waals surface area contributed by atoms with Gasteiger partial charge in [0.25, 0.3) is 40.5 Å². The fraction of sp³-hybridized carbons (Fsp3) is 0.447. The predicted molar refractivity (Wildman–Crippen MR) is 259 cm³/mol. The maximum atomic E-state index is 12.2. The Labute approximate surface area is 413 Å². The molecule has 19 nitrogen and oxygen atoms in total. The Hall–Kier alpha value is -4.02. The first-order valence-corrected chi connectivity index (χ1v) is 27.5.